The van der Waals surface area contributed by atoms with Gasteiger partial charge < -0.3 is 4.84 Å². The Hall–Kier alpha value is -2.10. The quantitative estimate of drug-likeness (QED) is 0.108. The van der Waals surface area contributed by atoms with Crippen LogP contribution in [0.3, 0.4) is 0 Å². The van der Waals surface area contributed by atoms with Crippen LogP contribution in [0, 0.1) is 0 Å². The lowest BCUT2D eigenvalue weighted by atomic mass is 10.1. The molecule has 1 aliphatic rings. The van der Waals surface area contributed by atoms with E-state index >= 15 is 0 Å². The van der Waals surface area contributed by atoms with Gasteiger partial charge in [-0.2, -0.15) is 0 Å². The van der Waals surface area contributed by atoms with Gasteiger partial charge in [-0.1, -0.05) is 38.7 Å². The number of hydroxylamine groups is 2. The summed E-state index contributed by atoms with van der Waals surface area (Å²) in [6, 6.07) is 16.5. The fraction of sp³-hybridized carbons (Fsp3) is 0.333. The lowest BCUT2D eigenvalue weighted by molar-refractivity contribution is -0.166. The number of unbranched alkanes of at least 4 members (excludes halogenated alkanes) is 3. The molecule has 0 aromatic carbocycles. The van der Waals surface area contributed by atoms with E-state index in [2.05, 4.69) is 48.7 Å². The molecule has 1 fully saturated rings. The highest BCUT2D eigenvalue weighted by Gasteiger charge is 2.55. The number of ketones is 1. The van der Waals surface area contributed by atoms with Gasteiger partial charge >= 0.3 is 5.97 Å². The zero-order chi connectivity index (χ0) is 24.4. The maximum absolute atomic E-state index is 13.3. The minimum absolute atomic E-state index is 0.00137. The zero-order valence-electron chi connectivity index (χ0n) is 19.7. The summed E-state index contributed by atoms with van der Waals surface area (Å²) in [6.07, 6.45) is 5.43. The van der Waals surface area contributed by atoms with Crippen molar-refractivity contribution in [2.45, 2.75) is 58.0 Å². The summed E-state index contributed by atoms with van der Waals surface area (Å²) in [5, 5.41) is 3.70. The fourth-order valence-electron chi connectivity index (χ4n) is 4.26. The van der Waals surface area contributed by atoms with Crippen LogP contribution in [-0.2, 0) is 9.63 Å². The smallest absolute Gasteiger partial charge is 0.322 e. The summed E-state index contributed by atoms with van der Waals surface area (Å²) in [6.45, 7) is 3.57. The predicted molar refractivity (Wildman–Crippen MR) is 149 cm³/mol. The van der Waals surface area contributed by atoms with Crippen molar-refractivity contribution in [2.24, 2.45) is 0 Å². The molecule has 0 radical (unpaired) electrons. The van der Waals surface area contributed by atoms with Gasteiger partial charge in [0.1, 0.15) is 6.04 Å². The molecule has 0 N–H and O–H groups in total. The maximum Gasteiger partial charge on any atom is 0.322 e. The molecule has 0 aliphatic carbocycles. The van der Waals surface area contributed by atoms with Crippen molar-refractivity contribution < 1.29 is 14.4 Å². The first-order chi connectivity index (χ1) is 17.0. The molecule has 5 rings (SSSR count). The molecule has 4 nitrogen and oxygen atoms in total. The topological polar surface area (TPSA) is 46.4 Å². The molecule has 35 heavy (non-hydrogen) atoms. The van der Waals surface area contributed by atoms with E-state index in [-0.39, 0.29) is 23.8 Å². The summed E-state index contributed by atoms with van der Waals surface area (Å²) < 4.78 is 0. The number of carbonyl (C=O) groups excluding carboxylic acids is 2. The average molecular weight is 542 g/mol. The molecule has 5 heterocycles. The van der Waals surface area contributed by atoms with Crippen LogP contribution in [-0.4, -0.2) is 28.9 Å². The second kappa shape index (κ2) is 10.9. The van der Waals surface area contributed by atoms with Crippen LogP contribution in [0.2, 0.25) is 0 Å². The van der Waals surface area contributed by atoms with Crippen molar-refractivity contribution >= 4 is 57.1 Å². The Balaban J connectivity index is 1.27. The molecule has 1 aliphatic heterocycles. The monoisotopic (exact) mass is 541 g/mol. The van der Waals surface area contributed by atoms with Gasteiger partial charge in [0, 0.05) is 36.2 Å². The summed E-state index contributed by atoms with van der Waals surface area (Å²) in [5.41, 5.74) is 0. The Labute approximate surface area is 221 Å². The molecule has 0 spiro atoms. The number of hydrogen-bond donors (Lipinski definition) is 0. The van der Waals surface area contributed by atoms with Crippen LogP contribution in [0.1, 0.15) is 55.6 Å². The largest absolute Gasteiger partial charge is 0.367 e. The molecule has 1 saturated heterocycles. The third kappa shape index (κ3) is 5.52. The predicted octanol–water partition coefficient (Wildman–Crippen LogP) is 8.62. The van der Waals surface area contributed by atoms with Gasteiger partial charge in [-0.25, -0.2) is 0 Å². The normalized spacial score (nSPS) is 19.1. The lowest BCUT2D eigenvalue weighted by Gasteiger charge is -2.02. The molecular weight excluding hydrogens is 515 g/mol. The second-order valence-electron chi connectivity index (χ2n) is 8.64. The third-order valence-electron chi connectivity index (χ3n) is 6.04. The number of nitrogens with zero attached hydrogens (tertiary/aromatic N) is 1. The van der Waals surface area contributed by atoms with Gasteiger partial charge in [0.15, 0.2) is 5.78 Å². The second-order valence-corrected chi connectivity index (χ2v) is 12.8. The average Bonchev–Trinajstić information content (AvgIpc) is 3.49. The number of carbonyl (C=O) groups is 2. The van der Waals surface area contributed by atoms with Crippen LogP contribution >= 0.6 is 45.3 Å². The molecule has 0 amide bonds. The van der Waals surface area contributed by atoms with E-state index in [4.69, 9.17) is 4.84 Å². The number of rotatable bonds is 11. The summed E-state index contributed by atoms with van der Waals surface area (Å²) in [5.74, 6) is -0.314. The molecule has 8 heteroatoms. The van der Waals surface area contributed by atoms with Crippen LogP contribution in [0.5, 0.6) is 0 Å². The Morgan fingerprint density at radius 2 is 1.46 bits per heavy atom. The van der Waals surface area contributed by atoms with E-state index in [0.717, 1.165) is 29.0 Å². The van der Waals surface area contributed by atoms with Crippen molar-refractivity contribution in [1.82, 2.24) is 5.06 Å². The standard InChI is InChI=1S/C27H27NO3S4/c1-3-4-5-6-8-18-26(28(18)31-17(2)29)27(30)25-15-14-24(35-25)23-13-12-22(34-23)21-11-10-20(33-21)19-9-7-16-32-19/h7,9-16,18,26H,3-6,8H2,1-2H3. The highest BCUT2D eigenvalue weighted by molar-refractivity contribution is 7.28. The Morgan fingerprint density at radius 3 is 2.06 bits per heavy atom. The molecule has 3 unspecified atom stereocenters. The minimum Gasteiger partial charge on any atom is -0.367 e. The van der Waals surface area contributed by atoms with E-state index in [0.29, 0.717) is 0 Å². The van der Waals surface area contributed by atoms with Crippen LogP contribution in [0.4, 0.5) is 0 Å². The molecule has 3 atom stereocenters. The van der Waals surface area contributed by atoms with Crippen molar-refractivity contribution in [3.63, 3.8) is 0 Å². The van der Waals surface area contributed by atoms with Crippen molar-refractivity contribution in [3.8, 4) is 29.3 Å². The Bertz CT molecular complexity index is 1300. The van der Waals surface area contributed by atoms with Crippen LogP contribution in [0.15, 0.2) is 53.9 Å². The highest BCUT2D eigenvalue weighted by Crippen LogP contribution is 2.43. The Kier molecular flexibility index (Phi) is 7.65. The molecule has 182 valence electrons. The first-order valence-corrected chi connectivity index (χ1v) is 15.2. The van der Waals surface area contributed by atoms with Crippen molar-refractivity contribution in [3.05, 3.63) is 58.8 Å². The molecule has 0 bridgehead atoms. The summed E-state index contributed by atoms with van der Waals surface area (Å²) in [7, 11) is 0. The van der Waals surface area contributed by atoms with Gasteiger partial charge in [0.25, 0.3) is 0 Å². The number of thiophene rings is 4. The number of hydrogen-bond acceptors (Lipinski definition) is 8. The maximum atomic E-state index is 13.3. The van der Waals surface area contributed by atoms with E-state index < -0.39 is 0 Å². The van der Waals surface area contributed by atoms with Crippen molar-refractivity contribution in [1.29, 1.82) is 0 Å². The van der Waals surface area contributed by atoms with Crippen molar-refractivity contribution in [2.75, 3.05) is 0 Å². The molecule has 4 aromatic heterocycles. The SMILES string of the molecule is CCCCCCC1C(C(=O)c2ccc(-c3ccc(-c4ccc(-c5cccs5)s4)s3)s2)N1OC(C)=O. The van der Waals surface area contributed by atoms with Gasteiger partial charge in [0.2, 0.25) is 0 Å². The Morgan fingerprint density at radius 1 is 0.829 bits per heavy atom. The van der Waals surface area contributed by atoms with Crippen LogP contribution < -0.4 is 0 Å². The number of Topliss-reactive ketones (excluding diaryl/α,β-unsaturated/α-hetero) is 1. The van der Waals surface area contributed by atoms with E-state index in [1.807, 2.05) is 23.5 Å². The van der Waals surface area contributed by atoms with Gasteiger partial charge in [-0.3, -0.25) is 9.59 Å². The first-order valence-electron chi connectivity index (χ1n) is 11.9. The zero-order valence-corrected chi connectivity index (χ0v) is 23.0. The van der Waals surface area contributed by atoms with Crippen LogP contribution in [0.25, 0.3) is 29.3 Å². The third-order valence-corrected chi connectivity index (χ3v) is 10.8. The van der Waals surface area contributed by atoms with E-state index in [1.165, 1.54) is 55.5 Å². The van der Waals surface area contributed by atoms with E-state index in [1.54, 1.807) is 27.7 Å². The summed E-state index contributed by atoms with van der Waals surface area (Å²) in [4.78, 5) is 38.2. The first kappa shape index (κ1) is 24.6. The fourth-order valence-corrected chi connectivity index (χ4v) is 8.26. The van der Waals surface area contributed by atoms with E-state index in [9.17, 15) is 9.59 Å². The van der Waals surface area contributed by atoms with Gasteiger partial charge in [0.05, 0.1) is 10.9 Å². The van der Waals surface area contributed by atoms with Gasteiger partial charge in [-0.05, 0) is 54.3 Å². The molecule has 4 aromatic rings. The summed E-state index contributed by atoms with van der Waals surface area (Å²) >= 11 is 6.86. The molecule has 0 saturated carbocycles. The minimum atomic E-state index is -0.368. The lowest BCUT2D eigenvalue weighted by Crippen LogP contribution is -2.14. The molecular formula is C27H27NO3S4. The van der Waals surface area contributed by atoms with Gasteiger partial charge in [-0.15, -0.1) is 50.4 Å². The highest BCUT2D eigenvalue weighted by atomic mass is 32.1.